The molecule has 0 aliphatic carbocycles. The predicted molar refractivity (Wildman–Crippen MR) is 81.8 cm³/mol. The van der Waals surface area contributed by atoms with E-state index in [9.17, 15) is 14.3 Å². The van der Waals surface area contributed by atoms with Crippen LogP contribution in [-0.4, -0.2) is 9.13 Å². The number of benzene rings is 2. The third-order valence-corrected chi connectivity index (χ3v) is 5.08. The summed E-state index contributed by atoms with van der Waals surface area (Å²) in [7, 11) is -1.51. The Kier molecular flexibility index (Phi) is 4.51. The number of hydrogen-bond acceptors (Lipinski definition) is 4. The maximum Gasteiger partial charge on any atom is 0.285 e. The lowest BCUT2D eigenvalue weighted by molar-refractivity contribution is -0.387. The van der Waals surface area contributed by atoms with Crippen LogP contribution in [0.15, 0.2) is 51.8 Å². The van der Waals surface area contributed by atoms with E-state index in [-0.39, 0.29) is 16.3 Å². The Morgan fingerprint density at radius 1 is 1.20 bits per heavy atom. The Labute approximate surface area is 126 Å². The van der Waals surface area contributed by atoms with E-state index < -0.39 is 15.7 Å². The number of nitro benzene ring substituents is 1. The summed E-state index contributed by atoms with van der Waals surface area (Å²) in [5, 5.41) is 10.9. The molecule has 1 unspecified atom stereocenters. The number of para-hydroxylation sites is 1. The third-order valence-electron chi connectivity index (χ3n) is 2.70. The standard InChI is InChI=1S/C13H11BrN2O3S/c14-13-9(4-3-5-10(13)15)8-20(19)12-7-2-1-6-11(12)16(17)18/h1-7H,8,15H2. The number of nitrogen functional groups attached to an aromatic ring is 1. The molecule has 2 N–H and O–H groups in total. The van der Waals surface area contributed by atoms with Gasteiger partial charge in [0.25, 0.3) is 5.69 Å². The van der Waals surface area contributed by atoms with E-state index in [4.69, 9.17) is 5.73 Å². The molecular formula is C13H11BrN2O3S. The molecule has 2 aromatic rings. The Morgan fingerprint density at radius 3 is 2.60 bits per heavy atom. The van der Waals surface area contributed by atoms with Crippen molar-refractivity contribution in [3.63, 3.8) is 0 Å². The molecule has 0 saturated heterocycles. The van der Waals surface area contributed by atoms with Gasteiger partial charge < -0.3 is 5.73 Å². The highest BCUT2D eigenvalue weighted by atomic mass is 79.9. The average molecular weight is 355 g/mol. The maximum atomic E-state index is 12.3. The van der Waals surface area contributed by atoms with Crippen LogP contribution in [0.5, 0.6) is 0 Å². The first-order valence-corrected chi connectivity index (χ1v) is 7.76. The van der Waals surface area contributed by atoms with Crippen molar-refractivity contribution < 1.29 is 9.13 Å². The summed E-state index contributed by atoms with van der Waals surface area (Å²) in [5.74, 6) is 0.163. The highest BCUT2D eigenvalue weighted by Gasteiger charge is 2.19. The Morgan fingerprint density at radius 2 is 1.90 bits per heavy atom. The van der Waals surface area contributed by atoms with Crippen LogP contribution < -0.4 is 5.73 Å². The van der Waals surface area contributed by atoms with Gasteiger partial charge in [0.1, 0.15) is 4.90 Å². The second-order valence-electron chi connectivity index (χ2n) is 4.04. The fourth-order valence-electron chi connectivity index (χ4n) is 1.73. The van der Waals surface area contributed by atoms with Crippen LogP contribution in [0.1, 0.15) is 5.56 Å². The van der Waals surface area contributed by atoms with Gasteiger partial charge in [-0.1, -0.05) is 24.3 Å². The van der Waals surface area contributed by atoms with E-state index in [0.29, 0.717) is 10.2 Å². The summed E-state index contributed by atoms with van der Waals surface area (Å²) in [6.07, 6.45) is 0. The first-order valence-electron chi connectivity index (χ1n) is 5.65. The van der Waals surface area contributed by atoms with Crippen LogP contribution in [0.4, 0.5) is 11.4 Å². The molecule has 20 heavy (non-hydrogen) atoms. The zero-order valence-corrected chi connectivity index (χ0v) is 12.7. The first kappa shape index (κ1) is 14.7. The SMILES string of the molecule is Nc1cccc(CS(=O)c2ccccc2[N+](=O)[O-])c1Br. The monoisotopic (exact) mass is 354 g/mol. The fourth-order valence-corrected chi connectivity index (χ4v) is 3.61. The van der Waals surface area contributed by atoms with Crippen molar-refractivity contribution in [2.24, 2.45) is 0 Å². The van der Waals surface area contributed by atoms with Gasteiger partial charge in [0.05, 0.1) is 21.5 Å². The molecule has 2 rings (SSSR count). The van der Waals surface area contributed by atoms with E-state index in [1.165, 1.54) is 12.1 Å². The molecule has 0 amide bonds. The normalized spacial score (nSPS) is 12.1. The molecule has 0 fully saturated rings. The molecule has 0 heterocycles. The zero-order valence-electron chi connectivity index (χ0n) is 10.3. The lowest BCUT2D eigenvalue weighted by atomic mass is 10.2. The van der Waals surface area contributed by atoms with E-state index >= 15 is 0 Å². The lowest BCUT2D eigenvalue weighted by Gasteiger charge is -2.07. The number of nitrogens with two attached hydrogens (primary N) is 1. The zero-order chi connectivity index (χ0) is 14.7. The van der Waals surface area contributed by atoms with Gasteiger partial charge in [-0.3, -0.25) is 14.3 Å². The number of halogens is 1. The van der Waals surface area contributed by atoms with Gasteiger partial charge in [-0.2, -0.15) is 0 Å². The maximum absolute atomic E-state index is 12.3. The highest BCUT2D eigenvalue weighted by Crippen LogP contribution is 2.28. The van der Waals surface area contributed by atoms with Gasteiger partial charge in [-0.25, -0.2) is 0 Å². The van der Waals surface area contributed by atoms with Gasteiger partial charge in [-0.05, 0) is 33.6 Å². The molecular weight excluding hydrogens is 344 g/mol. The van der Waals surface area contributed by atoms with Gasteiger partial charge in [0, 0.05) is 16.2 Å². The Bertz CT molecular complexity index is 691. The summed E-state index contributed by atoms with van der Waals surface area (Å²) >= 11 is 3.34. The van der Waals surface area contributed by atoms with Crippen LogP contribution in [-0.2, 0) is 16.6 Å². The minimum Gasteiger partial charge on any atom is -0.398 e. The molecule has 0 aromatic heterocycles. The second-order valence-corrected chi connectivity index (χ2v) is 6.25. The summed E-state index contributed by atoms with van der Waals surface area (Å²) in [4.78, 5) is 10.6. The van der Waals surface area contributed by atoms with Crippen molar-refractivity contribution in [3.8, 4) is 0 Å². The average Bonchev–Trinajstić information content (AvgIpc) is 2.43. The molecule has 0 saturated carbocycles. The second kappa shape index (κ2) is 6.15. The molecule has 7 heteroatoms. The van der Waals surface area contributed by atoms with Crippen LogP contribution >= 0.6 is 15.9 Å². The van der Waals surface area contributed by atoms with Crippen LogP contribution in [0.25, 0.3) is 0 Å². The third kappa shape index (κ3) is 3.05. The molecule has 1 atom stereocenters. The minimum atomic E-state index is -1.51. The van der Waals surface area contributed by atoms with Crippen molar-refractivity contribution in [1.82, 2.24) is 0 Å². The summed E-state index contributed by atoms with van der Waals surface area (Å²) in [5.41, 5.74) is 6.92. The number of nitro groups is 1. The molecule has 5 nitrogen and oxygen atoms in total. The first-order chi connectivity index (χ1) is 9.50. The molecule has 0 spiro atoms. The van der Waals surface area contributed by atoms with Crippen molar-refractivity contribution in [2.45, 2.75) is 10.6 Å². The van der Waals surface area contributed by atoms with Gasteiger partial charge in [0.15, 0.2) is 0 Å². The largest absolute Gasteiger partial charge is 0.398 e. The fraction of sp³-hybridized carbons (Fsp3) is 0.0769. The van der Waals surface area contributed by atoms with Crippen molar-refractivity contribution in [1.29, 1.82) is 0 Å². The summed E-state index contributed by atoms with van der Waals surface area (Å²) in [6.45, 7) is 0. The number of hydrogen-bond donors (Lipinski definition) is 1. The Hall–Kier alpha value is -1.73. The molecule has 0 aliphatic heterocycles. The molecule has 0 bridgehead atoms. The van der Waals surface area contributed by atoms with Crippen molar-refractivity contribution in [2.75, 3.05) is 5.73 Å². The highest BCUT2D eigenvalue weighted by molar-refractivity contribution is 9.10. The van der Waals surface area contributed by atoms with Crippen molar-refractivity contribution in [3.05, 3.63) is 62.6 Å². The minimum absolute atomic E-state index is 0.133. The topological polar surface area (TPSA) is 86.2 Å². The predicted octanol–water partition coefficient (Wildman–Crippen LogP) is 3.25. The molecule has 0 radical (unpaired) electrons. The summed E-state index contributed by atoms with van der Waals surface area (Å²) in [6, 6.07) is 11.3. The van der Waals surface area contributed by atoms with Crippen molar-refractivity contribution >= 4 is 38.1 Å². The number of nitrogens with zero attached hydrogens (tertiary/aromatic N) is 1. The smallest absolute Gasteiger partial charge is 0.285 e. The van der Waals surface area contributed by atoms with E-state index in [0.717, 1.165) is 5.56 Å². The Balaban J connectivity index is 2.34. The van der Waals surface area contributed by atoms with Gasteiger partial charge >= 0.3 is 0 Å². The molecule has 104 valence electrons. The van der Waals surface area contributed by atoms with Crippen LogP contribution in [0.3, 0.4) is 0 Å². The lowest BCUT2D eigenvalue weighted by Crippen LogP contribution is -2.02. The van der Waals surface area contributed by atoms with Crippen LogP contribution in [0, 0.1) is 10.1 Å². The number of anilines is 1. The summed E-state index contributed by atoms with van der Waals surface area (Å²) < 4.78 is 13.0. The van der Waals surface area contributed by atoms with E-state index in [1.807, 2.05) is 0 Å². The molecule has 0 aliphatic rings. The van der Waals surface area contributed by atoms with E-state index in [1.54, 1.807) is 30.3 Å². The van der Waals surface area contributed by atoms with Crippen LogP contribution in [0.2, 0.25) is 0 Å². The number of rotatable bonds is 4. The van der Waals surface area contributed by atoms with Gasteiger partial charge in [-0.15, -0.1) is 0 Å². The van der Waals surface area contributed by atoms with Gasteiger partial charge in [0.2, 0.25) is 0 Å². The molecule has 2 aromatic carbocycles. The quantitative estimate of drug-likeness (QED) is 0.518. The van der Waals surface area contributed by atoms with E-state index in [2.05, 4.69) is 15.9 Å².